The normalized spacial score (nSPS) is 22.9. The molecule has 3 saturated heterocycles. The van der Waals surface area contributed by atoms with Crippen molar-refractivity contribution in [1.82, 2.24) is 24.8 Å². The van der Waals surface area contributed by atoms with Gasteiger partial charge in [-0.3, -0.25) is 14.7 Å². The number of ether oxygens (including phenoxy) is 2. The van der Waals surface area contributed by atoms with Crippen LogP contribution in [0.3, 0.4) is 0 Å². The minimum atomic E-state index is -1.33. The van der Waals surface area contributed by atoms with Crippen molar-refractivity contribution in [2.45, 2.75) is 76.6 Å². The van der Waals surface area contributed by atoms with Gasteiger partial charge in [-0.05, 0) is 89.4 Å². The third-order valence-electron chi connectivity index (χ3n) is 9.93. The lowest BCUT2D eigenvalue weighted by Gasteiger charge is -2.47. The molecule has 4 aromatic rings. The number of carbonyl (C=O) groups excluding carboxylic acids is 2. The van der Waals surface area contributed by atoms with Crippen molar-refractivity contribution in [3.8, 4) is 17.3 Å². The first kappa shape index (κ1) is 32.0. The van der Waals surface area contributed by atoms with Gasteiger partial charge in [0.15, 0.2) is 5.82 Å². The van der Waals surface area contributed by atoms with Crippen LogP contribution in [-0.2, 0) is 9.53 Å². The molecule has 3 atom stereocenters. The van der Waals surface area contributed by atoms with E-state index in [0.29, 0.717) is 42.8 Å². The summed E-state index contributed by atoms with van der Waals surface area (Å²) in [5.41, 5.74) is 5.87. The Morgan fingerprint density at radius 3 is 2.65 bits per heavy atom. The van der Waals surface area contributed by atoms with Gasteiger partial charge in [0, 0.05) is 24.3 Å². The number of fused-ring (bicyclic) bond motifs is 4. The zero-order chi connectivity index (χ0) is 34.0. The zero-order valence-corrected chi connectivity index (χ0v) is 28.1. The number of halogens is 1. The van der Waals surface area contributed by atoms with Gasteiger partial charge in [-0.25, -0.2) is 9.18 Å². The summed E-state index contributed by atoms with van der Waals surface area (Å²) in [6.07, 6.45) is 3.99. The van der Waals surface area contributed by atoms with E-state index in [2.05, 4.69) is 28.0 Å². The van der Waals surface area contributed by atoms with Crippen LogP contribution in [0.5, 0.6) is 6.01 Å². The molecule has 0 radical (unpaired) electrons. The number of carbonyl (C=O) groups is 2. The van der Waals surface area contributed by atoms with Gasteiger partial charge in [-0.15, -0.1) is 0 Å². The highest BCUT2D eigenvalue weighted by atomic mass is 19.1. The minimum Gasteiger partial charge on any atom is -0.462 e. The molecule has 3 aliphatic heterocycles. The predicted octanol–water partition coefficient (Wildman–Crippen LogP) is 5.21. The number of aromatic nitrogens is 3. The molecule has 252 valence electrons. The number of piperazine rings is 1. The number of rotatable bonds is 6. The number of primary amides is 1. The maximum absolute atomic E-state index is 16.9. The molecule has 0 aliphatic carbocycles. The molecular weight excluding hydrogens is 613 g/mol. The molecule has 2 bridgehead atoms. The number of likely N-dealkylation sites (N-methyl/N-ethyl adjacent to an activating group) is 1. The van der Waals surface area contributed by atoms with E-state index in [0.717, 1.165) is 35.7 Å². The fraction of sp³-hybridized carbons (Fsp3) is 0.472. The molecule has 48 heavy (non-hydrogen) atoms. The van der Waals surface area contributed by atoms with Crippen LogP contribution in [0.15, 0.2) is 42.6 Å². The van der Waals surface area contributed by atoms with Crippen molar-refractivity contribution in [2.24, 2.45) is 5.73 Å². The Hall–Kier alpha value is -4.58. The van der Waals surface area contributed by atoms with Crippen molar-refractivity contribution in [2.75, 3.05) is 38.2 Å². The van der Waals surface area contributed by atoms with Gasteiger partial charge in [-0.1, -0.05) is 30.3 Å². The quantitative estimate of drug-likeness (QED) is 0.298. The monoisotopic (exact) mass is 655 g/mol. The molecule has 2 unspecified atom stereocenters. The minimum absolute atomic E-state index is 0.0398. The first-order valence-electron chi connectivity index (χ1n) is 16.6. The second kappa shape index (κ2) is 11.8. The summed E-state index contributed by atoms with van der Waals surface area (Å²) in [7, 11) is 2.06. The molecule has 7 rings (SSSR count). The number of anilines is 1. The molecule has 3 aliphatic rings. The summed E-state index contributed by atoms with van der Waals surface area (Å²) in [6, 6.07) is 11.7. The van der Waals surface area contributed by atoms with Crippen molar-refractivity contribution in [3.05, 3.63) is 54.0 Å². The number of likely N-dealkylation sites (tertiary alicyclic amines) is 1. The Morgan fingerprint density at radius 2 is 1.92 bits per heavy atom. The molecule has 0 spiro atoms. The molecule has 0 saturated carbocycles. The predicted molar refractivity (Wildman–Crippen MR) is 181 cm³/mol. The largest absolute Gasteiger partial charge is 0.462 e. The van der Waals surface area contributed by atoms with Gasteiger partial charge in [-0.2, -0.15) is 9.97 Å². The van der Waals surface area contributed by atoms with Crippen molar-refractivity contribution in [3.63, 3.8) is 0 Å². The highest BCUT2D eigenvalue weighted by Gasteiger charge is 2.58. The number of hydrogen-bond acceptors (Lipinski definition) is 9. The first-order chi connectivity index (χ1) is 22.8. The molecule has 5 heterocycles. The molecule has 12 heteroatoms. The topological polar surface area (TPSA) is 127 Å². The zero-order valence-electron chi connectivity index (χ0n) is 28.1. The van der Waals surface area contributed by atoms with Crippen LogP contribution in [0.25, 0.3) is 32.9 Å². The smallest absolute Gasteiger partial charge is 0.411 e. The van der Waals surface area contributed by atoms with Crippen LogP contribution in [0.2, 0.25) is 0 Å². The van der Waals surface area contributed by atoms with Gasteiger partial charge in [0.25, 0.3) is 0 Å². The average Bonchev–Trinajstić information content (AvgIpc) is 3.56. The maximum Gasteiger partial charge on any atom is 0.411 e. The third-order valence-corrected chi connectivity index (χ3v) is 9.93. The lowest BCUT2D eigenvalue weighted by Crippen LogP contribution is -2.69. The number of benzene rings is 2. The Labute approximate surface area is 279 Å². The van der Waals surface area contributed by atoms with Gasteiger partial charge in [0.2, 0.25) is 5.91 Å². The number of aryl methyl sites for hydroxylation is 1. The van der Waals surface area contributed by atoms with Gasteiger partial charge < -0.3 is 25.0 Å². The summed E-state index contributed by atoms with van der Waals surface area (Å²) in [4.78, 5) is 46.4. The van der Waals surface area contributed by atoms with Crippen LogP contribution < -0.4 is 15.4 Å². The second-order valence-corrected chi connectivity index (χ2v) is 14.5. The van der Waals surface area contributed by atoms with Crippen LogP contribution in [-0.4, -0.2) is 93.3 Å². The van der Waals surface area contributed by atoms with Gasteiger partial charge >= 0.3 is 12.1 Å². The van der Waals surface area contributed by atoms with Crippen molar-refractivity contribution >= 4 is 39.5 Å². The molecule has 2 aromatic heterocycles. The SMILES string of the molecule is Cc1cc(-c2ncc3c(N4CC5CCC(C(N)=O)(C4)N5C(=O)OC(C)(C)C)nc(OC[C@@H]4CCCN4C)nc3c2F)c2ccccc2c1. The standard InChI is InChI=1S/C36H42FN7O4/c1-21-15-22-9-6-7-11-25(22)26(16-21)29-28(37)30-27(17-39-29)31(41-33(40-30)47-19-24-10-8-14-42(24)5)43-18-23-12-13-36(20-43,32(38)45)44(23)34(46)48-35(2,3)4/h6-7,9,11,15-17,23-24H,8,10,12-14,18-20H2,1-5H3,(H2,38,45)/t23?,24-,36?/m0/s1. The Kier molecular flexibility index (Phi) is 7.89. The van der Waals surface area contributed by atoms with Crippen LogP contribution in [0.4, 0.5) is 15.0 Å². The number of nitrogens with two attached hydrogens (primary N) is 1. The van der Waals surface area contributed by atoms with E-state index < -0.39 is 29.0 Å². The molecule has 2 amide bonds. The first-order valence-corrected chi connectivity index (χ1v) is 16.6. The molecule has 3 fully saturated rings. The highest BCUT2D eigenvalue weighted by molar-refractivity contribution is 6.00. The lowest BCUT2D eigenvalue weighted by atomic mass is 9.94. The Morgan fingerprint density at radius 1 is 1.12 bits per heavy atom. The number of hydrogen-bond donors (Lipinski definition) is 1. The number of amides is 2. The summed E-state index contributed by atoms with van der Waals surface area (Å²) < 4.78 is 28.8. The second-order valence-electron chi connectivity index (χ2n) is 14.5. The Balaban J connectivity index is 1.34. The molecule has 2 N–H and O–H groups in total. The van der Waals surface area contributed by atoms with Gasteiger partial charge in [0.05, 0.1) is 18.0 Å². The van der Waals surface area contributed by atoms with E-state index in [1.54, 1.807) is 27.0 Å². The maximum atomic E-state index is 16.9. The number of pyridine rings is 1. The van der Waals surface area contributed by atoms with Crippen LogP contribution in [0.1, 0.15) is 52.0 Å². The Bertz CT molecular complexity index is 1930. The molecular formula is C36H42FN7O4. The van der Waals surface area contributed by atoms with E-state index in [4.69, 9.17) is 20.2 Å². The van der Waals surface area contributed by atoms with E-state index in [1.165, 1.54) is 4.90 Å². The third kappa shape index (κ3) is 5.55. The summed E-state index contributed by atoms with van der Waals surface area (Å²) in [6.45, 7) is 9.04. The fourth-order valence-electron chi connectivity index (χ4n) is 7.62. The molecule has 2 aromatic carbocycles. The summed E-state index contributed by atoms with van der Waals surface area (Å²) >= 11 is 0. The van der Waals surface area contributed by atoms with E-state index in [1.807, 2.05) is 42.2 Å². The molecule has 11 nitrogen and oxygen atoms in total. The average molecular weight is 656 g/mol. The summed E-state index contributed by atoms with van der Waals surface area (Å²) in [5.74, 6) is -0.838. The van der Waals surface area contributed by atoms with Crippen molar-refractivity contribution < 1.29 is 23.5 Å². The fourth-order valence-corrected chi connectivity index (χ4v) is 7.62. The van der Waals surface area contributed by atoms with Crippen molar-refractivity contribution in [1.29, 1.82) is 0 Å². The number of nitrogens with zero attached hydrogens (tertiary/aromatic N) is 6. The van der Waals surface area contributed by atoms with E-state index in [9.17, 15) is 9.59 Å². The highest BCUT2D eigenvalue weighted by Crippen LogP contribution is 2.43. The van der Waals surface area contributed by atoms with E-state index >= 15 is 4.39 Å². The van der Waals surface area contributed by atoms with E-state index in [-0.39, 0.29) is 35.8 Å². The van der Waals surface area contributed by atoms with Crippen LogP contribution in [0, 0.1) is 12.7 Å². The lowest BCUT2D eigenvalue weighted by molar-refractivity contribution is -0.129. The summed E-state index contributed by atoms with van der Waals surface area (Å²) in [5, 5.41) is 2.24. The van der Waals surface area contributed by atoms with Crippen LogP contribution >= 0.6 is 0 Å². The van der Waals surface area contributed by atoms with Gasteiger partial charge in [0.1, 0.15) is 34.8 Å².